The molecule has 0 bridgehead atoms. The van der Waals surface area contributed by atoms with Crippen LogP contribution in [0.15, 0.2) is 22.7 Å². The van der Waals surface area contributed by atoms with Crippen molar-refractivity contribution in [2.45, 2.75) is 33.1 Å². The van der Waals surface area contributed by atoms with Crippen molar-refractivity contribution < 1.29 is 0 Å². The second-order valence-corrected chi connectivity index (χ2v) is 5.53. The van der Waals surface area contributed by atoms with E-state index in [0.29, 0.717) is 5.56 Å². The zero-order chi connectivity index (χ0) is 12.7. The van der Waals surface area contributed by atoms with Crippen molar-refractivity contribution in [1.29, 1.82) is 5.26 Å². The van der Waals surface area contributed by atoms with Crippen LogP contribution in [0.1, 0.15) is 38.7 Å². The number of benzene rings is 1. The molecule has 0 atom stereocenters. The molecule has 0 saturated heterocycles. The molecule has 0 aliphatic heterocycles. The molecule has 1 N–H and O–H groups in total. The molecule has 17 heavy (non-hydrogen) atoms. The van der Waals surface area contributed by atoms with Crippen molar-refractivity contribution in [3.05, 3.63) is 28.2 Å². The molecular formula is C14H19BrN2. The van der Waals surface area contributed by atoms with Crippen LogP contribution in [0.5, 0.6) is 0 Å². The molecule has 3 heteroatoms. The molecule has 0 aromatic heterocycles. The molecule has 0 heterocycles. The van der Waals surface area contributed by atoms with Gasteiger partial charge in [0.25, 0.3) is 0 Å². The van der Waals surface area contributed by atoms with Crippen LogP contribution in [-0.2, 0) is 0 Å². The van der Waals surface area contributed by atoms with Crippen molar-refractivity contribution in [1.82, 2.24) is 0 Å². The Kier molecular flexibility index (Phi) is 6.07. The zero-order valence-electron chi connectivity index (χ0n) is 10.5. The Morgan fingerprint density at radius 3 is 2.76 bits per heavy atom. The lowest BCUT2D eigenvalue weighted by atomic mass is 10.1. The van der Waals surface area contributed by atoms with Crippen molar-refractivity contribution in [2.24, 2.45) is 5.92 Å². The van der Waals surface area contributed by atoms with E-state index in [2.05, 4.69) is 41.2 Å². The number of unbranched alkanes of at least 4 members (excludes halogenated alkanes) is 1. The van der Waals surface area contributed by atoms with Gasteiger partial charge >= 0.3 is 0 Å². The van der Waals surface area contributed by atoms with Crippen molar-refractivity contribution >= 4 is 21.6 Å². The Labute approximate surface area is 112 Å². The van der Waals surface area contributed by atoms with Gasteiger partial charge in [-0.25, -0.2) is 0 Å². The van der Waals surface area contributed by atoms with E-state index in [1.807, 2.05) is 18.2 Å². The van der Waals surface area contributed by atoms with Crippen LogP contribution in [0.3, 0.4) is 0 Å². The second-order valence-electron chi connectivity index (χ2n) is 4.62. The number of hydrogen-bond acceptors (Lipinski definition) is 2. The number of hydrogen-bond donors (Lipinski definition) is 1. The van der Waals surface area contributed by atoms with Gasteiger partial charge in [-0.15, -0.1) is 0 Å². The lowest BCUT2D eigenvalue weighted by molar-refractivity contribution is 0.545. The third kappa shape index (κ3) is 5.23. The van der Waals surface area contributed by atoms with Crippen LogP contribution in [-0.4, -0.2) is 6.54 Å². The summed E-state index contributed by atoms with van der Waals surface area (Å²) in [7, 11) is 0. The normalized spacial score (nSPS) is 10.3. The summed E-state index contributed by atoms with van der Waals surface area (Å²) in [6.45, 7) is 5.42. The fourth-order valence-corrected chi connectivity index (χ4v) is 2.02. The SMILES string of the molecule is CC(C)CCCCNc1cc(Br)ccc1C#N. The Hall–Kier alpha value is -1.01. The highest BCUT2D eigenvalue weighted by Gasteiger charge is 2.02. The average Bonchev–Trinajstić information content (AvgIpc) is 2.28. The summed E-state index contributed by atoms with van der Waals surface area (Å²) in [4.78, 5) is 0. The Bertz CT molecular complexity index is 394. The van der Waals surface area contributed by atoms with E-state index in [4.69, 9.17) is 5.26 Å². The topological polar surface area (TPSA) is 35.8 Å². The smallest absolute Gasteiger partial charge is 0.101 e. The first-order chi connectivity index (χ1) is 8.13. The second kappa shape index (κ2) is 7.34. The number of anilines is 1. The van der Waals surface area contributed by atoms with Gasteiger partial charge in [-0.05, 0) is 30.5 Å². The van der Waals surface area contributed by atoms with Crippen molar-refractivity contribution in [2.75, 3.05) is 11.9 Å². The van der Waals surface area contributed by atoms with E-state index < -0.39 is 0 Å². The molecule has 1 rings (SSSR count). The quantitative estimate of drug-likeness (QED) is 0.781. The molecule has 1 aromatic rings. The minimum Gasteiger partial charge on any atom is -0.384 e. The summed E-state index contributed by atoms with van der Waals surface area (Å²) in [5, 5.41) is 12.3. The van der Waals surface area contributed by atoms with E-state index in [1.165, 1.54) is 12.8 Å². The van der Waals surface area contributed by atoms with Gasteiger partial charge in [0.2, 0.25) is 0 Å². The lowest BCUT2D eigenvalue weighted by Crippen LogP contribution is -2.03. The van der Waals surface area contributed by atoms with E-state index >= 15 is 0 Å². The summed E-state index contributed by atoms with van der Waals surface area (Å²) >= 11 is 3.42. The number of nitriles is 1. The van der Waals surface area contributed by atoms with Gasteiger partial charge in [0, 0.05) is 11.0 Å². The molecule has 0 aliphatic carbocycles. The predicted molar refractivity (Wildman–Crippen MR) is 76.0 cm³/mol. The van der Waals surface area contributed by atoms with Gasteiger partial charge < -0.3 is 5.32 Å². The van der Waals surface area contributed by atoms with Gasteiger partial charge in [-0.1, -0.05) is 42.6 Å². The molecule has 0 saturated carbocycles. The molecule has 0 spiro atoms. The van der Waals surface area contributed by atoms with Gasteiger partial charge in [0.05, 0.1) is 11.3 Å². The molecule has 2 nitrogen and oxygen atoms in total. The highest BCUT2D eigenvalue weighted by atomic mass is 79.9. The van der Waals surface area contributed by atoms with Crippen LogP contribution in [0.25, 0.3) is 0 Å². The Balaban J connectivity index is 2.41. The Morgan fingerprint density at radius 2 is 2.12 bits per heavy atom. The minimum atomic E-state index is 0.706. The first kappa shape index (κ1) is 14.1. The van der Waals surface area contributed by atoms with E-state index in [9.17, 15) is 0 Å². The maximum absolute atomic E-state index is 8.98. The highest BCUT2D eigenvalue weighted by Crippen LogP contribution is 2.20. The summed E-state index contributed by atoms with van der Waals surface area (Å²) < 4.78 is 1.00. The largest absolute Gasteiger partial charge is 0.384 e. The maximum atomic E-state index is 8.98. The molecule has 92 valence electrons. The van der Waals surface area contributed by atoms with Crippen LogP contribution < -0.4 is 5.32 Å². The number of nitrogens with one attached hydrogen (secondary N) is 1. The van der Waals surface area contributed by atoms with Gasteiger partial charge in [0.1, 0.15) is 6.07 Å². The van der Waals surface area contributed by atoms with E-state index in [1.54, 1.807) is 0 Å². The molecule has 0 aliphatic rings. The third-order valence-corrected chi connectivity index (χ3v) is 3.12. The van der Waals surface area contributed by atoms with Crippen molar-refractivity contribution in [3.63, 3.8) is 0 Å². The summed E-state index contributed by atoms with van der Waals surface area (Å²) in [5.41, 5.74) is 1.63. The fraction of sp³-hybridized carbons (Fsp3) is 0.500. The standard InChI is InChI=1S/C14H19BrN2/c1-11(2)5-3-4-8-17-14-9-13(15)7-6-12(14)10-16/h6-7,9,11,17H,3-5,8H2,1-2H3. The molecule has 0 amide bonds. The van der Waals surface area contributed by atoms with Gasteiger partial charge in [0.15, 0.2) is 0 Å². The summed E-state index contributed by atoms with van der Waals surface area (Å²) in [6.07, 6.45) is 3.65. The van der Waals surface area contributed by atoms with Crippen molar-refractivity contribution in [3.8, 4) is 6.07 Å². The fourth-order valence-electron chi connectivity index (χ4n) is 1.66. The van der Waals surface area contributed by atoms with E-state index in [-0.39, 0.29) is 0 Å². The van der Waals surface area contributed by atoms with Gasteiger partial charge in [-0.2, -0.15) is 5.26 Å². The molecule has 0 fully saturated rings. The monoisotopic (exact) mass is 294 g/mol. The first-order valence-corrected chi connectivity index (χ1v) is 6.86. The zero-order valence-corrected chi connectivity index (χ0v) is 12.0. The van der Waals surface area contributed by atoms with E-state index in [0.717, 1.165) is 29.0 Å². The first-order valence-electron chi connectivity index (χ1n) is 6.07. The molecule has 0 unspecified atom stereocenters. The summed E-state index contributed by atoms with van der Waals surface area (Å²) in [6, 6.07) is 7.88. The van der Waals surface area contributed by atoms with Crippen LogP contribution in [0.4, 0.5) is 5.69 Å². The minimum absolute atomic E-state index is 0.706. The van der Waals surface area contributed by atoms with Gasteiger partial charge in [-0.3, -0.25) is 0 Å². The average molecular weight is 295 g/mol. The molecule has 0 radical (unpaired) electrons. The van der Waals surface area contributed by atoms with Crippen LogP contribution in [0.2, 0.25) is 0 Å². The number of rotatable bonds is 6. The Morgan fingerprint density at radius 1 is 1.35 bits per heavy atom. The molecule has 1 aromatic carbocycles. The van der Waals surface area contributed by atoms with Crippen LogP contribution >= 0.6 is 15.9 Å². The summed E-state index contributed by atoms with van der Waals surface area (Å²) in [5.74, 6) is 0.774. The number of halogens is 1. The molecular weight excluding hydrogens is 276 g/mol. The third-order valence-electron chi connectivity index (χ3n) is 2.63. The lowest BCUT2D eigenvalue weighted by Gasteiger charge is -2.09. The maximum Gasteiger partial charge on any atom is 0.101 e. The predicted octanol–water partition coefficient (Wildman–Crippen LogP) is 4.56. The highest BCUT2D eigenvalue weighted by molar-refractivity contribution is 9.10. The number of nitrogens with zero attached hydrogens (tertiary/aromatic N) is 1. The van der Waals surface area contributed by atoms with Crippen LogP contribution in [0, 0.1) is 17.2 Å².